The fraction of sp³-hybridized carbons (Fsp3) is 0.562. The molecule has 116 valence electrons. The highest BCUT2D eigenvalue weighted by Gasteiger charge is 2.29. The van der Waals surface area contributed by atoms with Gasteiger partial charge in [-0.1, -0.05) is 17.7 Å². The van der Waals surface area contributed by atoms with E-state index < -0.39 is 5.60 Å². The van der Waals surface area contributed by atoms with Gasteiger partial charge in [0.2, 0.25) is 0 Å². The molecule has 0 unspecified atom stereocenters. The van der Waals surface area contributed by atoms with Gasteiger partial charge in [0.25, 0.3) is 0 Å². The second-order valence-corrected chi connectivity index (χ2v) is 7.07. The van der Waals surface area contributed by atoms with E-state index in [4.69, 9.17) is 22.1 Å². The van der Waals surface area contributed by atoms with Gasteiger partial charge in [-0.3, -0.25) is 0 Å². The molecule has 5 heteroatoms. The summed E-state index contributed by atoms with van der Waals surface area (Å²) in [7, 11) is 0. The Labute approximate surface area is 131 Å². The van der Waals surface area contributed by atoms with Gasteiger partial charge in [-0.2, -0.15) is 0 Å². The van der Waals surface area contributed by atoms with Crippen LogP contribution in [-0.2, 0) is 11.3 Å². The minimum absolute atomic E-state index is 0.276. The maximum absolute atomic E-state index is 12.3. The van der Waals surface area contributed by atoms with Crippen LogP contribution >= 0.6 is 11.6 Å². The van der Waals surface area contributed by atoms with Gasteiger partial charge in [0, 0.05) is 13.1 Å². The van der Waals surface area contributed by atoms with Crippen LogP contribution in [0.3, 0.4) is 0 Å². The first-order valence-electron chi connectivity index (χ1n) is 7.26. The van der Waals surface area contributed by atoms with Crippen molar-refractivity contribution in [2.45, 2.75) is 45.8 Å². The number of rotatable bonds is 4. The third-order valence-corrected chi connectivity index (χ3v) is 3.59. The number of benzene rings is 1. The van der Waals surface area contributed by atoms with Gasteiger partial charge in [0.1, 0.15) is 5.60 Å². The summed E-state index contributed by atoms with van der Waals surface area (Å²) in [5.74, 6) is 0.599. The molecule has 1 aliphatic rings. The van der Waals surface area contributed by atoms with Gasteiger partial charge in [0.05, 0.1) is 10.7 Å². The lowest BCUT2D eigenvalue weighted by atomic mass is 10.2. The predicted octanol–water partition coefficient (Wildman–Crippen LogP) is 4.07. The number of hydrogen-bond acceptors (Lipinski definition) is 3. The Morgan fingerprint density at radius 3 is 2.62 bits per heavy atom. The Morgan fingerprint density at radius 1 is 1.43 bits per heavy atom. The first-order valence-corrected chi connectivity index (χ1v) is 7.64. The molecule has 0 saturated heterocycles. The second-order valence-electron chi connectivity index (χ2n) is 6.66. The van der Waals surface area contributed by atoms with Crippen molar-refractivity contribution in [2.24, 2.45) is 5.92 Å². The molecule has 0 heterocycles. The highest BCUT2D eigenvalue weighted by molar-refractivity contribution is 6.33. The lowest BCUT2D eigenvalue weighted by molar-refractivity contribution is 0.0224. The number of hydrogen-bond donors (Lipinski definition) is 1. The fourth-order valence-electron chi connectivity index (χ4n) is 2.03. The van der Waals surface area contributed by atoms with E-state index in [1.54, 1.807) is 17.0 Å². The molecule has 4 nitrogen and oxygen atoms in total. The molecule has 21 heavy (non-hydrogen) atoms. The Kier molecular flexibility index (Phi) is 4.67. The first kappa shape index (κ1) is 16.0. The molecule has 1 aromatic rings. The molecular formula is C16H23ClN2O2. The molecule has 2 N–H and O–H groups in total. The van der Waals surface area contributed by atoms with Crippen LogP contribution in [0.1, 0.15) is 39.2 Å². The van der Waals surface area contributed by atoms with Crippen molar-refractivity contribution < 1.29 is 9.53 Å². The lowest BCUT2D eigenvalue weighted by Gasteiger charge is -2.27. The summed E-state index contributed by atoms with van der Waals surface area (Å²) in [6.07, 6.45) is 2.09. The molecule has 0 bridgehead atoms. The summed E-state index contributed by atoms with van der Waals surface area (Å²) < 4.78 is 5.48. The molecule has 1 fully saturated rings. The monoisotopic (exact) mass is 310 g/mol. The molecule has 0 spiro atoms. The number of amides is 1. The van der Waals surface area contributed by atoms with E-state index in [2.05, 4.69) is 0 Å². The Hall–Kier alpha value is -1.42. The molecule has 2 rings (SSSR count). The van der Waals surface area contributed by atoms with Crippen molar-refractivity contribution in [2.75, 3.05) is 12.3 Å². The Balaban J connectivity index is 2.07. The number of nitrogens with two attached hydrogens (primary N) is 1. The molecule has 1 aromatic carbocycles. The zero-order valence-electron chi connectivity index (χ0n) is 12.9. The Bertz CT molecular complexity index is 521. The van der Waals surface area contributed by atoms with Crippen LogP contribution < -0.4 is 5.73 Å². The van der Waals surface area contributed by atoms with Crippen LogP contribution in [-0.4, -0.2) is 23.1 Å². The van der Waals surface area contributed by atoms with Crippen molar-refractivity contribution in [3.05, 3.63) is 28.8 Å². The predicted molar refractivity (Wildman–Crippen MR) is 85.2 cm³/mol. The van der Waals surface area contributed by atoms with Gasteiger partial charge in [0.15, 0.2) is 0 Å². The zero-order valence-corrected chi connectivity index (χ0v) is 13.6. The van der Waals surface area contributed by atoms with E-state index in [0.29, 0.717) is 23.2 Å². The number of ether oxygens (including phenoxy) is 1. The van der Waals surface area contributed by atoms with Crippen LogP contribution in [0.25, 0.3) is 0 Å². The maximum Gasteiger partial charge on any atom is 0.410 e. The standard InChI is InChI=1S/C16H23ClN2O2/c1-16(2,3)21-15(20)19(9-11-4-5-11)10-12-6-7-14(18)13(17)8-12/h6-8,11H,4-5,9-10,18H2,1-3H3. The van der Waals surface area contributed by atoms with Gasteiger partial charge in [-0.25, -0.2) is 4.79 Å². The first-order chi connectivity index (χ1) is 9.74. The van der Waals surface area contributed by atoms with Gasteiger partial charge < -0.3 is 15.4 Å². The van der Waals surface area contributed by atoms with Gasteiger partial charge >= 0.3 is 6.09 Å². The normalized spacial score (nSPS) is 14.9. The van der Waals surface area contributed by atoms with Crippen LogP contribution in [0.5, 0.6) is 0 Å². The van der Waals surface area contributed by atoms with Crippen molar-refractivity contribution in [1.82, 2.24) is 4.90 Å². The fourth-order valence-corrected chi connectivity index (χ4v) is 2.23. The highest BCUT2D eigenvalue weighted by atomic mass is 35.5. The zero-order chi connectivity index (χ0) is 15.6. The summed E-state index contributed by atoms with van der Waals surface area (Å²) in [5, 5.41) is 0.517. The third-order valence-electron chi connectivity index (χ3n) is 3.27. The average Bonchev–Trinajstić information content (AvgIpc) is 3.15. The van der Waals surface area contributed by atoms with Crippen LogP contribution in [0.15, 0.2) is 18.2 Å². The maximum atomic E-state index is 12.3. The molecule has 0 atom stereocenters. The van der Waals surface area contributed by atoms with Crippen molar-refractivity contribution in [1.29, 1.82) is 0 Å². The van der Waals surface area contributed by atoms with Gasteiger partial charge in [-0.15, -0.1) is 0 Å². The topological polar surface area (TPSA) is 55.6 Å². The van der Waals surface area contributed by atoms with Crippen molar-refractivity contribution in [3.63, 3.8) is 0 Å². The number of nitrogens with zero attached hydrogens (tertiary/aromatic N) is 1. The van der Waals surface area contributed by atoms with Gasteiger partial charge in [-0.05, 0) is 57.2 Å². The molecule has 0 aliphatic heterocycles. The molecule has 0 radical (unpaired) electrons. The molecular weight excluding hydrogens is 288 g/mol. The molecule has 1 saturated carbocycles. The number of carbonyl (C=O) groups is 1. The van der Waals surface area contributed by atoms with E-state index in [1.165, 1.54) is 12.8 Å². The van der Waals surface area contributed by atoms with Crippen LogP contribution in [0, 0.1) is 5.92 Å². The van der Waals surface area contributed by atoms with E-state index in [1.807, 2.05) is 26.8 Å². The molecule has 0 aromatic heterocycles. The smallest absolute Gasteiger partial charge is 0.410 e. The van der Waals surface area contributed by atoms with Crippen LogP contribution in [0.2, 0.25) is 5.02 Å². The van der Waals surface area contributed by atoms with E-state index in [9.17, 15) is 4.79 Å². The summed E-state index contributed by atoms with van der Waals surface area (Å²) >= 11 is 6.04. The van der Waals surface area contributed by atoms with E-state index >= 15 is 0 Å². The third kappa shape index (κ3) is 5.12. The summed E-state index contributed by atoms with van der Waals surface area (Å²) in [5.41, 5.74) is 6.73. The minimum atomic E-state index is -0.488. The Morgan fingerprint density at radius 2 is 2.10 bits per heavy atom. The van der Waals surface area contributed by atoms with E-state index in [-0.39, 0.29) is 6.09 Å². The largest absolute Gasteiger partial charge is 0.444 e. The summed E-state index contributed by atoms with van der Waals surface area (Å²) in [6.45, 7) is 6.85. The molecule has 1 aliphatic carbocycles. The number of nitrogen functional groups attached to an aromatic ring is 1. The summed E-state index contributed by atoms with van der Waals surface area (Å²) in [4.78, 5) is 14.1. The van der Waals surface area contributed by atoms with Crippen LogP contribution in [0.4, 0.5) is 10.5 Å². The number of halogens is 1. The number of carbonyl (C=O) groups excluding carboxylic acids is 1. The number of anilines is 1. The van der Waals surface area contributed by atoms with Crippen molar-refractivity contribution in [3.8, 4) is 0 Å². The second kappa shape index (κ2) is 6.14. The molecule has 1 amide bonds. The quantitative estimate of drug-likeness (QED) is 0.853. The summed E-state index contributed by atoms with van der Waals surface area (Å²) in [6, 6.07) is 5.47. The SMILES string of the molecule is CC(C)(C)OC(=O)N(Cc1ccc(N)c(Cl)c1)CC1CC1. The minimum Gasteiger partial charge on any atom is -0.444 e. The average molecular weight is 311 g/mol. The van der Waals surface area contributed by atoms with E-state index in [0.717, 1.165) is 12.1 Å². The van der Waals surface area contributed by atoms with Crippen molar-refractivity contribution >= 4 is 23.4 Å². The lowest BCUT2D eigenvalue weighted by Crippen LogP contribution is -2.37. The highest BCUT2D eigenvalue weighted by Crippen LogP contribution is 2.31.